The highest BCUT2D eigenvalue weighted by atomic mass is 14.9. The van der Waals surface area contributed by atoms with Crippen molar-refractivity contribution in [3.05, 3.63) is 22.8 Å². The predicted octanol–water partition coefficient (Wildman–Crippen LogP) is 1.65. The van der Waals surface area contributed by atoms with E-state index in [0.717, 1.165) is 25.2 Å². The maximum absolute atomic E-state index is 5.77. The van der Waals surface area contributed by atoms with Crippen LogP contribution in [0.25, 0.3) is 0 Å². The standard InChI is InChI=1S/C12H17N3/c1-7-11-9(6-13)4-5-10(11)15-12(14-7)8-2-3-8/h8-9H,2-6,13H2,1H3. The Labute approximate surface area is 90.1 Å². The molecule has 2 aliphatic rings. The Morgan fingerprint density at radius 3 is 2.73 bits per heavy atom. The van der Waals surface area contributed by atoms with Gasteiger partial charge in [-0.2, -0.15) is 0 Å². The van der Waals surface area contributed by atoms with Crippen molar-refractivity contribution in [2.45, 2.75) is 44.4 Å². The summed E-state index contributed by atoms with van der Waals surface area (Å²) in [4.78, 5) is 9.35. The second-order valence-corrected chi connectivity index (χ2v) is 4.77. The summed E-state index contributed by atoms with van der Waals surface area (Å²) in [6.45, 7) is 2.85. The molecule has 2 aliphatic carbocycles. The van der Waals surface area contributed by atoms with Gasteiger partial charge in [-0.1, -0.05) is 0 Å². The van der Waals surface area contributed by atoms with Gasteiger partial charge in [0.05, 0.1) is 0 Å². The first kappa shape index (κ1) is 9.28. The van der Waals surface area contributed by atoms with Crippen molar-refractivity contribution in [2.75, 3.05) is 6.54 Å². The van der Waals surface area contributed by atoms with Gasteiger partial charge in [0, 0.05) is 23.2 Å². The number of rotatable bonds is 2. The molecule has 0 amide bonds. The lowest BCUT2D eigenvalue weighted by molar-refractivity contribution is 0.683. The first-order valence-electron chi connectivity index (χ1n) is 5.87. The zero-order chi connectivity index (χ0) is 10.4. The Morgan fingerprint density at radius 2 is 2.07 bits per heavy atom. The fourth-order valence-electron chi connectivity index (χ4n) is 2.60. The van der Waals surface area contributed by atoms with Crippen molar-refractivity contribution in [3.8, 4) is 0 Å². The Hall–Kier alpha value is -0.960. The molecule has 0 spiro atoms. The van der Waals surface area contributed by atoms with E-state index < -0.39 is 0 Å². The van der Waals surface area contributed by atoms with Gasteiger partial charge in [-0.05, 0) is 44.7 Å². The van der Waals surface area contributed by atoms with Gasteiger partial charge in [0.15, 0.2) is 0 Å². The third kappa shape index (κ3) is 1.46. The molecule has 1 heterocycles. The summed E-state index contributed by atoms with van der Waals surface area (Å²) in [6, 6.07) is 0. The van der Waals surface area contributed by atoms with Gasteiger partial charge in [0.2, 0.25) is 0 Å². The minimum absolute atomic E-state index is 0.508. The number of fused-ring (bicyclic) bond motifs is 1. The van der Waals surface area contributed by atoms with Crippen LogP contribution in [0.4, 0.5) is 0 Å². The summed E-state index contributed by atoms with van der Waals surface area (Å²) in [5.41, 5.74) is 9.57. The summed E-state index contributed by atoms with van der Waals surface area (Å²) in [7, 11) is 0. The molecule has 1 fully saturated rings. The largest absolute Gasteiger partial charge is 0.330 e. The molecule has 3 rings (SSSR count). The minimum atomic E-state index is 0.508. The van der Waals surface area contributed by atoms with E-state index in [-0.39, 0.29) is 0 Å². The quantitative estimate of drug-likeness (QED) is 0.795. The van der Waals surface area contributed by atoms with Crippen LogP contribution in [0.1, 0.15) is 53.9 Å². The molecule has 1 saturated carbocycles. The molecule has 1 unspecified atom stereocenters. The molecule has 0 radical (unpaired) electrons. The lowest BCUT2D eigenvalue weighted by Gasteiger charge is -2.11. The van der Waals surface area contributed by atoms with Crippen molar-refractivity contribution >= 4 is 0 Å². The van der Waals surface area contributed by atoms with E-state index in [9.17, 15) is 0 Å². The van der Waals surface area contributed by atoms with Gasteiger partial charge in [-0.3, -0.25) is 0 Å². The first-order valence-corrected chi connectivity index (χ1v) is 5.87. The first-order chi connectivity index (χ1) is 7.29. The fourth-order valence-corrected chi connectivity index (χ4v) is 2.60. The van der Waals surface area contributed by atoms with E-state index in [0.29, 0.717) is 11.8 Å². The van der Waals surface area contributed by atoms with Crippen LogP contribution in [0.2, 0.25) is 0 Å². The van der Waals surface area contributed by atoms with Crippen LogP contribution in [-0.2, 0) is 6.42 Å². The molecule has 1 aromatic heterocycles. The third-order valence-corrected chi connectivity index (χ3v) is 3.60. The van der Waals surface area contributed by atoms with Gasteiger partial charge >= 0.3 is 0 Å². The van der Waals surface area contributed by atoms with E-state index in [1.165, 1.54) is 29.8 Å². The zero-order valence-electron chi connectivity index (χ0n) is 9.16. The second kappa shape index (κ2) is 3.27. The van der Waals surface area contributed by atoms with Gasteiger partial charge in [0.25, 0.3) is 0 Å². The summed E-state index contributed by atoms with van der Waals surface area (Å²) in [5.74, 6) is 2.25. The molecular formula is C12H17N3. The van der Waals surface area contributed by atoms with Crippen LogP contribution in [0.15, 0.2) is 0 Å². The van der Waals surface area contributed by atoms with Gasteiger partial charge < -0.3 is 5.73 Å². The van der Waals surface area contributed by atoms with Crippen LogP contribution in [0, 0.1) is 6.92 Å². The Balaban J connectivity index is 2.05. The molecule has 15 heavy (non-hydrogen) atoms. The molecule has 3 heteroatoms. The highest BCUT2D eigenvalue weighted by Crippen LogP contribution is 2.40. The van der Waals surface area contributed by atoms with Crippen molar-refractivity contribution in [2.24, 2.45) is 5.73 Å². The van der Waals surface area contributed by atoms with Crippen molar-refractivity contribution < 1.29 is 0 Å². The van der Waals surface area contributed by atoms with Gasteiger partial charge in [-0.15, -0.1) is 0 Å². The number of aromatic nitrogens is 2. The third-order valence-electron chi connectivity index (χ3n) is 3.60. The number of aryl methyl sites for hydroxylation is 2. The highest BCUT2D eigenvalue weighted by molar-refractivity contribution is 5.34. The molecule has 1 atom stereocenters. The smallest absolute Gasteiger partial charge is 0.131 e. The van der Waals surface area contributed by atoms with E-state index >= 15 is 0 Å². The molecule has 0 bridgehead atoms. The van der Waals surface area contributed by atoms with E-state index in [1.54, 1.807) is 0 Å². The molecule has 0 aromatic carbocycles. The normalized spacial score (nSPS) is 24.3. The second-order valence-electron chi connectivity index (χ2n) is 4.77. The van der Waals surface area contributed by atoms with Crippen LogP contribution >= 0.6 is 0 Å². The zero-order valence-corrected chi connectivity index (χ0v) is 9.16. The summed E-state index contributed by atoms with van der Waals surface area (Å²) in [6.07, 6.45) is 4.81. The number of hydrogen-bond donors (Lipinski definition) is 1. The summed E-state index contributed by atoms with van der Waals surface area (Å²) >= 11 is 0. The Bertz CT molecular complexity index is 396. The average Bonchev–Trinajstić information content (AvgIpc) is 2.99. The maximum Gasteiger partial charge on any atom is 0.131 e. The van der Waals surface area contributed by atoms with Crippen molar-refractivity contribution in [3.63, 3.8) is 0 Å². The average molecular weight is 203 g/mol. The van der Waals surface area contributed by atoms with Crippen LogP contribution in [0.3, 0.4) is 0 Å². The monoisotopic (exact) mass is 203 g/mol. The molecule has 2 N–H and O–H groups in total. The number of hydrogen-bond acceptors (Lipinski definition) is 3. The predicted molar refractivity (Wildman–Crippen MR) is 58.9 cm³/mol. The topological polar surface area (TPSA) is 51.8 Å². The van der Waals surface area contributed by atoms with Crippen LogP contribution in [-0.4, -0.2) is 16.5 Å². The minimum Gasteiger partial charge on any atom is -0.330 e. The molecule has 3 nitrogen and oxygen atoms in total. The Morgan fingerprint density at radius 1 is 1.27 bits per heavy atom. The molecule has 0 saturated heterocycles. The highest BCUT2D eigenvalue weighted by Gasteiger charge is 2.31. The van der Waals surface area contributed by atoms with Crippen molar-refractivity contribution in [1.82, 2.24) is 9.97 Å². The van der Waals surface area contributed by atoms with Crippen LogP contribution in [0.5, 0.6) is 0 Å². The molecule has 1 aromatic rings. The summed E-state index contributed by atoms with van der Waals surface area (Å²) in [5, 5.41) is 0. The molecular weight excluding hydrogens is 186 g/mol. The van der Waals surface area contributed by atoms with E-state index in [2.05, 4.69) is 11.9 Å². The van der Waals surface area contributed by atoms with E-state index in [4.69, 9.17) is 10.7 Å². The fraction of sp³-hybridized carbons (Fsp3) is 0.667. The molecule has 0 aliphatic heterocycles. The van der Waals surface area contributed by atoms with Crippen molar-refractivity contribution in [1.29, 1.82) is 0 Å². The van der Waals surface area contributed by atoms with E-state index in [1.807, 2.05) is 0 Å². The lowest BCUT2D eigenvalue weighted by Crippen LogP contribution is -2.12. The maximum atomic E-state index is 5.77. The number of nitrogens with zero attached hydrogens (tertiary/aromatic N) is 2. The summed E-state index contributed by atoms with van der Waals surface area (Å²) < 4.78 is 0. The van der Waals surface area contributed by atoms with Crippen LogP contribution < -0.4 is 5.73 Å². The lowest BCUT2D eigenvalue weighted by atomic mass is 10.0. The van der Waals surface area contributed by atoms with Gasteiger partial charge in [-0.25, -0.2) is 9.97 Å². The number of nitrogens with two attached hydrogens (primary N) is 1. The molecule has 80 valence electrons. The Kier molecular flexibility index (Phi) is 2.02. The van der Waals surface area contributed by atoms with Gasteiger partial charge in [0.1, 0.15) is 5.82 Å². The SMILES string of the molecule is Cc1nc(C2CC2)nc2c1C(CN)CC2.